The van der Waals surface area contributed by atoms with Gasteiger partial charge in [0.05, 0.1) is 6.10 Å². The standard InChI is InChI=1S/C17H30N2O2/c1-10-15(18)7-6-14(17(10,2)3)16(21)19-11-4-5-12(19)9-13(20)8-11/h10-15,20H,4-9,18H2,1-3H3. The number of carbonyl (C=O) groups is 1. The molecule has 0 aromatic rings. The van der Waals surface area contributed by atoms with E-state index in [0.717, 1.165) is 38.5 Å². The van der Waals surface area contributed by atoms with Crippen molar-refractivity contribution in [1.82, 2.24) is 4.90 Å². The smallest absolute Gasteiger partial charge is 0.226 e. The Morgan fingerprint density at radius 1 is 1.14 bits per heavy atom. The molecule has 2 heterocycles. The van der Waals surface area contributed by atoms with Crippen LogP contribution in [0.25, 0.3) is 0 Å². The third kappa shape index (κ3) is 2.40. The number of aliphatic hydroxyl groups is 1. The summed E-state index contributed by atoms with van der Waals surface area (Å²) in [5.74, 6) is 0.789. The summed E-state index contributed by atoms with van der Waals surface area (Å²) in [5.41, 5.74) is 6.18. The van der Waals surface area contributed by atoms with Crippen LogP contribution >= 0.6 is 0 Å². The van der Waals surface area contributed by atoms with E-state index < -0.39 is 0 Å². The number of rotatable bonds is 1. The second kappa shape index (κ2) is 5.24. The molecular weight excluding hydrogens is 264 g/mol. The minimum absolute atomic E-state index is 0.0374. The molecule has 4 nitrogen and oxygen atoms in total. The number of carbonyl (C=O) groups excluding carboxylic acids is 1. The second-order valence-electron chi connectivity index (χ2n) is 8.16. The monoisotopic (exact) mass is 294 g/mol. The number of fused-ring (bicyclic) bond motifs is 2. The van der Waals surface area contributed by atoms with Crippen molar-refractivity contribution in [2.75, 3.05) is 0 Å². The highest BCUT2D eigenvalue weighted by Crippen LogP contribution is 2.47. The van der Waals surface area contributed by atoms with Gasteiger partial charge in [-0.3, -0.25) is 4.79 Å². The highest BCUT2D eigenvalue weighted by Gasteiger charge is 2.50. The average Bonchev–Trinajstić information content (AvgIpc) is 2.68. The fraction of sp³-hybridized carbons (Fsp3) is 0.941. The molecule has 21 heavy (non-hydrogen) atoms. The van der Waals surface area contributed by atoms with E-state index in [4.69, 9.17) is 5.73 Å². The van der Waals surface area contributed by atoms with Crippen LogP contribution in [-0.4, -0.2) is 40.1 Å². The molecule has 1 aliphatic carbocycles. The van der Waals surface area contributed by atoms with E-state index in [1.165, 1.54) is 0 Å². The third-order valence-corrected chi connectivity index (χ3v) is 6.76. The molecule has 0 aromatic carbocycles. The van der Waals surface area contributed by atoms with E-state index in [1.54, 1.807) is 0 Å². The van der Waals surface area contributed by atoms with Gasteiger partial charge in [0.15, 0.2) is 0 Å². The molecule has 3 rings (SSSR count). The maximum absolute atomic E-state index is 13.2. The van der Waals surface area contributed by atoms with Gasteiger partial charge in [-0.1, -0.05) is 20.8 Å². The normalized spacial score (nSPS) is 45.7. The van der Waals surface area contributed by atoms with Crippen molar-refractivity contribution >= 4 is 5.91 Å². The largest absolute Gasteiger partial charge is 0.393 e. The summed E-state index contributed by atoms with van der Waals surface area (Å²) in [7, 11) is 0. The molecule has 0 spiro atoms. The zero-order valence-corrected chi connectivity index (χ0v) is 13.6. The Morgan fingerprint density at radius 2 is 1.71 bits per heavy atom. The molecule has 0 radical (unpaired) electrons. The number of nitrogens with two attached hydrogens (primary N) is 1. The number of hydrogen-bond donors (Lipinski definition) is 2. The van der Waals surface area contributed by atoms with Crippen LogP contribution in [0, 0.1) is 17.3 Å². The van der Waals surface area contributed by atoms with Gasteiger partial charge in [0.1, 0.15) is 0 Å². The van der Waals surface area contributed by atoms with Crippen molar-refractivity contribution in [3.8, 4) is 0 Å². The van der Waals surface area contributed by atoms with E-state index in [1.807, 2.05) is 0 Å². The SMILES string of the molecule is CC1C(N)CCC(C(=O)N2C3CCC2CC(O)C3)C1(C)C. The molecule has 1 amide bonds. The van der Waals surface area contributed by atoms with Crippen LogP contribution in [0.5, 0.6) is 0 Å². The molecular formula is C17H30N2O2. The van der Waals surface area contributed by atoms with E-state index in [0.29, 0.717) is 11.8 Å². The lowest BCUT2D eigenvalue weighted by Crippen LogP contribution is -2.56. The lowest BCUT2D eigenvalue weighted by Gasteiger charge is -2.49. The van der Waals surface area contributed by atoms with Crippen LogP contribution in [0.4, 0.5) is 0 Å². The Bertz CT molecular complexity index is 409. The summed E-state index contributed by atoms with van der Waals surface area (Å²) in [6.45, 7) is 6.61. The van der Waals surface area contributed by atoms with Gasteiger partial charge in [0.2, 0.25) is 5.91 Å². The van der Waals surface area contributed by atoms with Crippen LogP contribution in [0.1, 0.15) is 59.3 Å². The highest BCUT2D eigenvalue weighted by atomic mass is 16.3. The maximum atomic E-state index is 13.2. The minimum Gasteiger partial charge on any atom is -0.393 e. The summed E-state index contributed by atoms with van der Waals surface area (Å²) in [6.07, 6.45) is 5.32. The molecule has 120 valence electrons. The Balaban J connectivity index is 1.79. The Morgan fingerprint density at radius 3 is 2.29 bits per heavy atom. The summed E-state index contributed by atoms with van der Waals surface area (Å²) < 4.78 is 0. The molecule has 1 saturated carbocycles. The zero-order valence-electron chi connectivity index (χ0n) is 13.6. The van der Waals surface area contributed by atoms with E-state index >= 15 is 0 Å². The fourth-order valence-electron chi connectivity index (χ4n) is 4.98. The van der Waals surface area contributed by atoms with Crippen LogP contribution in [-0.2, 0) is 4.79 Å². The molecule has 2 saturated heterocycles. The first-order valence-corrected chi connectivity index (χ1v) is 8.58. The van der Waals surface area contributed by atoms with Crippen LogP contribution in [0.3, 0.4) is 0 Å². The molecule has 2 bridgehead atoms. The summed E-state index contributed by atoms with van der Waals surface area (Å²) in [6, 6.07) is 0.755. The first-order chi connectivity index (χ1) is 9.82. The predicted molar refractivity (Wildman–Crippen MR) is 82.5 cm³/mol. The van der Waals surface area contributed by atoms with Crippen molar-refractivity contribution in [3.05, 3.63) is 0 Å². The van der Waals surface area contributed by atoms with E-state index in [-0.39, 0.29) is 35.6 Å². The molecule has 0 aromatic heterocycles. The topological polar surface area (TPSA) is 66.6 Å². The van der Waals surface area contributed by atoms with Gasteiger partial charge in [-0.15, -0.1) is 0 Å². The van der Waals surface area contributed by atoms with Gasteiger partial charge in [-0.05, 0) is 49.9 Å². The van der Waals surface area contributed by atoms with Crippen molar-refractivity contribution in [3.63, 3.8) is 0 Å². The number of amides is 1. The molecule has 3 fully saturated rings. The third-order valence-electron chi connectivity index (χ3n) is 6.76. The van der Waals surface area contributed by atoms with Crippen molar-refractivity contribution in [2.45, 2.75) is 83.5 Å². The highest BCUT2D eigenvalue weighted by molar-refractivity contribution is 5.81. The van der Waals surface area contributed by atoms with Gasteiger partial charge in [-0.25, -0.2) is 0 Å². The number of piperidine rings is 1. The molecule has 3 aliphatic rings. The van der Waals surface area contributed by atoms with Crippen molar-refractivity contribution in [1.29, 1.82) is 0 Å². The maximum Gasteiger partial charge on any atom is 0.226 e. The lowest BCUT2D eigenvalue weighted by atomic mass is 9.60. The molecule has 5 atom stereocenters. The molecule has 4 heteroatoms. The van der Waals surface area contributed by atoms with Crippen LogP contribution < -0.4 is 5.73 Å². The fourth-order valence-corrected chi connectivity index (χ4v) is 4.98. The first kappa shape index (κ1) is 15.3. The molecule has 5 unspecified atom stereocenters. The first-order valence-electron chi connectivity index (χ1n) is 8.58. The van der Waals surface area contributed by atoms with Gasteiger partial charge in [0.25, 0.3) is 0 Å². The Kier molecular flexibility index (Phi) is 3.81. The van der Waals surface area contributed by atoms with Gasteiger partial charge < -0.3 is 15.7 Å². The molecule has 3 N–H and O–H groups in total. The number of hydrogen-bond acceptors (Lipinski definition) is 3. The van der Waals surface area contributed by atoms with Crippen LogP contribution in [0.15, 0.2) is 0 Å². The lowest BCUT2D eigenvalue weighted by molar-refractivity contribution is -0.149. The van der Waals surface area contributed by atoms with Gasteiger partial charge >= 0.3 is 0 Å². The Labute approximate surface area is 128 Å². The van der Waals surface area contributed by atoms with E-state index in [9.17, 15) is 9.90 Å². The predicted octanol–water partition coefficient (Wildman–Crippen LogP) is 1.90. The summed E-state index contributed by atoms with van der Waals surface area (Å²) in [5, 5.41) is 9.92. The number of aliphatic hydroxyl groups excluding tert-OH is 1. The van der Waals surface area contributed by atoms with Gasteiger partial charge in [-0.2, -0.15) is 0 Å². The quantitative estimate of drug-likeness (QED) is 0.776. The van der Waals surface area contributed by atoms with Crippen molar-refractivity contribution < 1.29 is 9.90 Å². The Hall–Kier alpha value is -0.610. The second-order valence-corrected chi connectivity index (χ2v) is 8.16. The zero-order chi connectivity index (χ0) is 15.4. The van der Waals surface area contributed by atoms with Crippen molar-refractivity contribution in [2.24, 2.45) is 23.0 Å². The summed E-state index contributed by atoms with van der Waals surface area (Å²) >= 11 is 0. The molecule has 2 aliphatic heterocycles. The summed E-state index contributed by atoms with van der Waals surface area (Å²) in [4.78, 5) is 15.3. The van der Waals surface area contributed by atoms with E-state index in [2.05, 4.69) is 25.7 Å². The van der Waals surface area contributed by atoms with Gasteiger partial charge in [0, 0.05) is 24.0 Å². The minimum atomic E-state index is -0.210. The number of nitrogens with zero attached hydrogens (tertiary/aromatic N) is 1. The van der Waals surface area contributed by atoms with Crippen LogP contribution in [0.2, 0.25) is 0 Å². The average molecular weight is 294 g/mol.